The maximum atomic E-state index is 5.28. The van der Waals surface area contributed by atoms with Gasteiger partial charge in [-0.3, -0.25) is 0 Å². The van der Waals surface area contributed by atoms with E-state index in [4.69, 9.17) is 4.74 Å². The molecule has 19 heavy (non-hydrogen) atoms. The van der Waals surface area contributed by atoms with E-state index in [2.05, 4.69) is 23.3 Å². The van der Waals surface area contributed by atoms with Crippen molar-refractivity contribution in [3.63, 3.8) is 0 Å². The highest BCUT2D eigenvalue weighted by molar-refractivity contribution is 5.73. The molecule has 0 saturated carbocycles. The third-order valence-electron chi connectivity index (χ3n) is 3.04. The summed E-state index contributed by atoms with van der Waals surface area (Å²) in [5.41, 5.74) is 3.30. The van der Waals surface area contributed by atoms with Gasteiger partial charge in [-0.25, -0.2) is 4.68 Å². The second-order valence-corrected chi connectivity index (χ2v) is 4.20. The van der Waals surface area contributed by atoms with Crippen molar-refractivity contribution in [2.24, 2.45) is 0 Å². The topological polar surface area (TPSA) is 27.1 Å². The Kier molecular flexibility index (Phi) is 3.02. The number of rotatable bonds is 3. The largest absolute Gasteiger partial charge is 0.497 e. The van der Waals surface area contributed by atoms with Gasteiger partial charge in [-0.2, -0.15) is 5.10 Å². The van der Waals surface area contributed by atoms with E-state index in [1.54, 1.807) is 13.3 Å². The molecule has 1 heterocycles. The molecule has 0 aliphatic heterocycles. The number of benzene rings is 2. The molecule has 3 nitrogen and oxygen atoms in total. The van der Waals surface area contributed by atoms with Crippen molar-refractivity contribution >= 4 is 0 Å². The average molecular weight is 250 g/mol. The zero-order valence-corrected chi connectivity index (χ0v) is 10.7. The first kappa shape index (κ1) is 11.5. The number of methoxy groups -OCH3 is 1. The number of ether oxygens (including phenoxy) is 1. The molecule has 3 rings (SSSR count). The highest BCUT2D eigenvalue weighted by Gasteiger charge is 2.07. The first-order valence-corrected chi connectivity index (χ1v) is 6.12. The molecule has 3 heteroatoms. The van der Waals surface area contributed by atoms with E-state index in [1.807, 2.05) is 47.3 Å². The van der Waals surface area contributed by atoms with Crippen LogP contribution in [-0.4, -0.2) is 16.9 Å². The number of aromatic nitrogens is 2. The van der Waals surface area contributed by atoms with Crippen molar-refractivity contribution in [3.8, 4) is 22.6 Å². The van der Waals surface area contributed by atoms with Crippen LogP contribution < -0.4 is 4.74 Å². The third kappa shape index (κ3) is 2.22. The third-order valence-corrected chi connectivity index (χ3v) is 3.04. The molecule has 0 N–H and O–H groups in total. The average Bonchev–Trinajstić information content (AvgIpc) is 3.01. The maximum absolute atomic E-state index is 5.28. The lowest BCUT2D eigenvalue weighted by atomic mass is 10.0. The van der Waals surface area contributed by atoms with Crippen molar-refractivity contribution in [1.29, 1.82) is 0 Å². The van der Waals surface area contributed by atoms with Crippen LogP contribution in [0.5, 0.6) is 5.75 Å². The Bertz CT molecular complexity index is 675. The maximum Gasteiger partial charge on any atom is 0.119 e. The molecule has 0 spiro atoms. The van der Waals surface area contributed by atoms with Crippen LogP contribution >= 0.6 is 0 Å². The zero-order chi connectivity index (χ0) is 13.1. The summed E-state index contributed by atoms with van der Waals surface area (Å²) in [6, 6.07) is 18.2. The van der Waals surface area contributed by atoms with E-state index < -0.39 is 0 Å². The fourth-order valence-electron chi connectivity index (χ4n) is 2.12. The van der Waals surface area contributed by atoms with E-state index in [9.17, 15) is 0 Å². The second-order valence-electron chi connectivity index (χ2n) is 4.20. The summed E-state index contributed by atoms with van der Waals surface area (Å²) in [6.07, 6.45) is 3.72. The van der Waals surface area contributed by atoms with Crippen molar-refractivity contribution in [2.75, 3.05) is 7.11 Å². The number of hydrogen-bond acceptors (Lipinski definition) is 2. The Morgan fingerprint density at radius 1 is 1.00 bits per heavy atom. The molecule has 0 fully saturated rings. The van der Waals surface area contributed by atoms with Crippen LogP contribution in [0.3, 0.4) is 0 Å². The molecule has 1 aromatic heterocycles. The van der Waals surface area contributed by atoms with Crippen LogP contribution in [0.25, 0.3) is 16.8 Å². The summed E-state index contributed by atoms with van der Waals surface area (Å²) in [7, 11) is 1.68. The lowest BCUT2D eigenvalue weighted by molar-refractivity contribution is 0.415. The molecule has 0 bridgehead atoms. The standard InChI is InChI=1S/C16H14N2O/c1-19-14-7-4-6-13(12-14)15-8-2-3-9-16(15)18-11-5-10-17-18/h2-12H,1H3. The van der Waals surface area contributed by atoms with Crippen LogP contribution in [-0.2, 0) is 0 Å². The molecule has 0 aliphatic carbocycles. The van der Waals surface area contributed by atoms with E-state index in [1.165, 1.54) is 0 Å². The van der Waals surface area contributed by atoms with Gasteiger partial charge in [0.25, 0.3) is 0 Å². The van der Waals surface area contributed by atoms with Gasteiger partial charge in [0, 0.05) is 18.0 Å². The molecule has 0 atom stereocenters. The fourth-order valence-corrected chi connectivity index (χ4v) is 2.12. The van der Waals surface area contributed by atoms with Gasteiger partial charge in [0.2, 0.25) is 0 Å². The first-order chi connectivity index (χ1) is 9.38. The van der Waals surface area contributed by atoms with Crippen LogP contribution in [0.1, 0.15) is 0 Å². The highest BCUT2D eigenvalue weighted by Crippen LogP contribution is 2.28. The molecular weight excluding hydrogens is 236 g/mol. The van der Waals surface area contributed by atoms with Gasteiger partial charge in [0.15, 0.2) is 0 Å². The SMILES string of the molecule is COc1cccc(-c2ccccc2-n2cccn2)c1. The molecule has 0 aliphatic rings. The Hall–Kier alpha value is -2.55. The molecule has 0 saturated heterocycles. The van der Waals surface area contributed by atoms with Crippen LogP contribution in [0, 0.1) is 0 Å². The van der Waals surface area contributed by atoms with Gasteiger partial charge < -0.3 is 4.74 Å². The van der Waals surface area contributed by atoms with Crippen molar-refractivity contribution in [2.45, 2.75) is 0 Å². The van der Waals surface area contributed by atoms with E-state index >= 15 is 0 Å². The minimum atomic E-state index is 0.854. The van der Waals surface area contributed by atoms with Crippen molar-refractivity contribution in [1.82, 2.24) is 9.78 Å². The van der Waals surface area contributed by atoms with E-state index in [0.29, 0.717) is 0 Å². The monoisotopic (exact) mass is 250 g/mol. The van der Waals surface area contributed by atoms with E-state index in [-0.39, 0.29) is 0 Å². The molecule has 0 unspecified atom stereocenters. The Balaban J connectivity index is 2.15. The van der Waals surface area contributed by atoms with E-state index in [0.717, 1.165) is 22.6 Å². The summed E-state index contributed by atoms with van der Waals surface area (Å²) in [5, 5.41) is 4.30. The van der Waals surface area contributed by atoms with Gasteiger partial charge in [0.1, 0.15) is 5.75 Å². The molecule has 2 aromatic carbocycles. The predicted octanol–water partition coefficient (Wildman–Crippen LogP) is 3.55. The van der Waals surface area contributed by atoms with Crippen molar-refractivity contribution < 1.29 is 4.74 Å². The Morgan fingerprint density at radius 2 is 1.89 bits per heavy atom. The molecular formula is C16H14N2O. The summed E-state index contributed by atoms with van der Waals surface area (Å²) >= 11 is 0. The summed E-state index contributed by atoms with van der Waals surface area (Å²) < 4.78 is 7.15. The van der Waals surface area contributed by atoms with Gasteiger partial charge in [-0.15, -0.1) is 0 Å². The summed E-state index contributed by atoms with van der Waals surface area (Å²) in [5.74, 6) is 0.854. The van der Waals surface area contributed by atoms with Crippen LogP contribution in [0.15, 0.2) is 67.0 Å². The lowest BCUT2D eigenvalue weighted by Crippen LogP contribution is -1.97. The smallest absolute Gasteiger partial charge is 0.119 e. The number of hydrogen-bond donors (Lipinski definition) is 0. The van der Waals surface area contributed by atoms with Gasteiger partial charge in [-0.1, -0.05) is 30.3 Å². The molecule has 0 amide bonds. The first-order valence-electron chi connectivity index (χ1n) is 6.12. The quantitative estimate of drug-likeness (QED) is 0.710. The second kappa shape index (κ2) is 4.98. The van der Waals surface area contributed by atoms with Gasteiger partial charge >= 0.3 is 0 Å². The van der Waals surface area contributed by atoms with Crippen LogP contribution in [0.2, 0.25) is 0 Å². The molecule has 0 radical (unpaired) electrons. The predicted molar refractivity (Wildman–Crippen MR) is 75.6 cm³/mol. The number of nitrogens with zero attached hydrogens (tertiary/aromatic N) is 2. The Morgan fingerprint density at radius 3 is 2.68 bits per heavy atom. The normalized spacial score (nSPS) is 10.4. The van der Waals surface area contributed by atoms with Crippen molar-refractivity contribution in [3.05, 3.63) is 67.0 Å². The Labute approximate surface area is 112 Å². The summed E-state index contributed by atoms with van der Waals surface area (Å²) in [6.45, 7) is 0. The minimum absolute atomic E-state index is 0.854. The van der Waals surface area contributed by atoms with Gasteiger partial charge in [0.05, 0.1) is 12.8 Å². The van der Waals surface area contributed by atoms with Gasteiger partial charge in [-0.05, 0) is 29.8 Å². The molecule has 94 valence electrons. The zero-order valence-electron chi connectivity index (χ0n) is 10.7. The molecule has 3 aromatic rings. The van der Waals surface area contributed by atoms with Crippen LogP contribution in [0.4, 0.5) is 0 Å². The number of para-hydroxylation sites is 1. The summed E-state index contributed by atoms with van der Waals surface area (Å²) in [4.78, 5) is 0. The fraction of sp³-hybridized carbons (Fsp3) is 0.0625. The minimum Gasteiger partial charge on any atom is -0.497 e. The highest BCUT2D eigenvalue weighted by atomic mass is 16.5. The lowest BCUT2D eigenvalue weighted by Gasteiger charge is -2.10.